The fourth-order valence-electron chi connectivity index (χ4n) is 2.43. The van der Waals surface area contributed by atoms with Gasteiger partial charge in [-0.1, -0.05) is 18.3 Å². The molecule has 0 aliphatic carbocycles. The van der Waals surface area contributed by atoms with Crippen molar-refractivity contribution in [2.75, 3.05) is 30.8 Å². The Morgan fingerprint density at radius 1 is 1.63 bits per heavy atom. The lowest BCUT2D eigenvalue weighted by atomic mass is 10.2. The molecule has 1 aromatic rings. The Morgan fingerprint density at radius 3 is 2.95 bits per heavy atom. The molecule has 6 heteroatoms. The van der Waals surface area contributed by atoms with E-state index in [1.54, 1.807) is 0 Å². The Morgan fingerprint density at radius 2 is 2.37 bits per heavy atom. The van der Waals surface area contributed by atoms with Crippen LogP contribution in [-0.4, -0.2) is 42.0 Å². The molecule has 1 atom stereocenters. The smallest absolute Gasteiger partial charge is 0.268 e. The van der Waals surface area contributed by atoms with Gasteiger partial charge in [0.1, 0.15) is 10.7 Å². The normalized spacial score (nSPS) is 18.9. The number of carbonyl (C=O) groups is 1. The van der Waals surface area contributed by atoms with E-state index in [9.17, 15) is 4.79 Å². The summed E-state index contributed by atoms with van der Waals surface area (Å²) in [6, 6.07) is 0.311. The third-order valence-corrected chi connectivity index (χ3v) is 4.71. The average Bonchev–Trinajstić information content (AvgIpc) is 2.95. The van der Waals surface area contributed by atoms with Gasteiger partial charge in [0.25, 0.3) is 5.91 Å². The summed E-state index contributed by atoms with van der Waals surface area (Å²) in [6.45, 7) is 5.95. The summed E-state index contributed by atoms with van der Waals surface area (Å²) in [6.07, 6.45) is 3.20. The van der Waals surface area contributed by atoms with Gasteiger partial charge >= 0.3 is 0 Å². The summed E-state index contributed by atoms with van der Waals surface area (Å²) in [5, 5.41) is 0.828. The van der Waals surface area contributed by atoms with Gasteiger partial charge in [0, 0.05) is 26.2 Å². The summed E-state index contributed by atoms with van der Waals surface area (Å²) in [5.74, 6) is 0.406. The summed E-state index contributed by atoms with van der Waals surface area (Å²) >= 11 is 1.40. The molecule has 1 aliphatic heterocycles. The van der Waals surface area contributed by atoms with E-state index in [4.69, 9.17) is 5.73 Å². The molecule has 1 aromatic heterocycles. The number of hydrogen-bond donors (Lipinski definition) is 1. The molecule has 1 aliphatic rings. The van der Waals surface area contributed by atoms with Gasteiger partial charge in [-0.25, -0.2) is 4.98 Å². The van der Waals surface area contributed by atoms with Gasteiger partial charge in [-0.3, -0.25) is 4.79 Å². The molecule has 2 rings (SSSR count). The van der Waals surface area contributed by atoms with E-state index >= 15 is 0 Å². The van der Waals surface area contributed by atoms with Crippen LogP contribution in [0.15, 0.2) is 0 Å². The molecule has 0 spiro atoms. The Labute approximate surface area is 118 Å². The first-order chi connectivity index (χ1) is 9.04. The number of rotatable bonds is 4. The molecule has 5 nitrogen and oxygen atoms in total. The number of anilines is 2. The zero-order valence-electron chi connectivity index (χ0n) is 11.8. The molecule has 1 unspecified atom stereocenters. The van der Waals surface area contributed by atoms with Crippen LogP contribution in [-0.2, 0) is 0 Å². The molecule has 1 amide bonds. The lowest BCUT2D eigenvalue weighted by Crippen LogP contribution is -2.33. The number of thiazole rings is 1. The molecule has 0 bridgehead atoms. The van der Waals surface area contributed by atoms with Crippen LogP contribution in [0.1, 0.15) is 42.8 Å². The molecule has 106 valence electrons. The SMILES string of the molecule is CCCN(C)c1nc(N)c(C(=O)N2CCCC2C)s1. The van der Waals surface area contributed by atoms with Gasteiger partial charge in [0.15, 0.2) is 5.13 Å². The Balaban J connectivity index is 2.18. The van der Waals surface area contributed by atoms with Crippen LogP contribution in [0.4, 0.5) is 10.9 Å². The Hall–Kier alpha value is -1.30. The van der Waals surface area contributed by atoms with Crippen LogP contribution < -0.4 is 10.6 Å². The minimum atomic E-state index is 0.0381. The van der Waals surface area contributed by atoms with Crippen LogP contribution in [0, 0.1) is 0 Å². The van der Waals surface area contributed by atoms with Crippen molar-refractivity contribution >= 4 is 28.2 Å². The van der Waals surface area contributed by atoms with E-state index in [0.29, 0.717) is 16.7 Å². The Kier molecular flexibility index (Phi) is 4.29. The lowest BCUT2D eigenvalue weighted by molar-refractivity contribution is 0.0753. The highest BCUT2D eigenvalue weighted by Crippen LogP contribution is 2.30. The minimum Gasteiger partial charge on any atom is -0.382 e. The molecular formula is C13H22N4OS. The summed E-state index contributed by atoms with van der Waals surface area (Å²) in [4.78, 5) is 21.3. The second-order valence-electron chi connectivity index (χ2n) is 5.12. The first kappa shape index (κ1) is 14.1. The van der Waals surface area contributed by atoms with Crippen LogP contribution in [0.2, 0.25) is 0 Å². The van der Waals surface area contributed by atoms with Gasteiger partial charge in [0.05, 0.1) is 0 Å². The van der Waals surface area contributed by atoms with Gasteiger partial charge in [0.2, 0.25) is 0 Å². The maximum atomic E-state index is 12.5. The molecule has 1 fully saturated rings. The van der Waals surface area contributed by atoms with Crippen molar-refractivity contribution in [3.05, 3.63) is 4.88 Å². The molecule has 0 saturated carbocycles. The highest BCUT2D eigenvalue weighted by molar-refractivity contribution is 7.18. The van der Waals surface area contributed by atoms with Crippen LogP contribution in [0.25, 0.3) is 0 Å². The van der Waals surface area contributed by atoms with Crippen molar-refractivity contribution in [2.45, 2.75) is 39.2 Å². The standard InChI is InChI=1S/C13H22N4OS/c1-4-7-16(3)13-15-11(14)10(19-13)12(18)17-8-5-6-9(17)2/h9H,4-8,14H2,1-3H3. The zero-order valence-corrected chi connectivity index (χ0v) is 12.7. The topological polar surface area (TPSA) is 62.5 Å². The molecule has 1 saturated heterocycles. The van der Waals surface area contributed by atoms with Crippen LogP contribution in [0.3, 0.4) is 0 Å². The molecule has 0 radical (unpaired) electrons. The number of amides is 1. The second kappa shape index (κ2) is 5.77. The third kappa shape index (κ3) is 2.83. The van der Waals surface area contributed by atoms with Gasteiger partial charge in [-0.05, 0) is 26.2 Å². The van der Waals surface area contributed by atoms with Crippen molar-refractivity contribution in [1.82, 2.24) is 9.88 Å². The van der Waals surface area contributed by atoms with Gasteiger partial charge < -0.3 is 15.5 Å². The second-order valence-corrected chi connectivity index (χ2v) is 6.10. The predicted octanol–water partition coefficient (Wildman–Crippen LogP) is 2.20. The van der Waals surface area contributed by atoms with Crippen LogP contribution >= 0.6 is 11.3 Å². The van der Waals surface area contributed by atoms with Crippen LogP contribution in [0.5, 0.6) is 0 Å². The maximum Gasteiger partial charge on any atom is 0.268 e. The first-order valence-electron chi connectivity index (χ1n) is 6.83. The number of hydrogen-bond acceptors (Lipinski definition) is 5. The quantitative estimate of drug-likeness (QED) is 0.919. The van der Waals surface area contributed by atoms with E-state index in [-0.39, 0.29) is 5.91 Å². The zero-order chi connectivity index (χ0) is 14.0. The number of carbonyl (C=O) groups excluding carboxylic acids is 1. The van der Waals surface area contributed by atoms with E-state index in [1.807, 2.05) is 16.8 Å². The molecule has 2 N–H and O–H groups in total. The fraction of sp³-hybridized carbons (Fsp3) is 0.692. The van der Waals surface area contributed by atoms with E-state index < -0.39 is 0 Å². The van der Waals surface area contributed by atoms with E-state index in [1.165, 1.54) is 11.3 Å². The number of nitrogens with two attached hydrogens (primary N) is 1. The van der Waals surface area contributed by atoms with Crippen molar-refractivity contribution in [1.29, 1.82) is 0 Å². The fourth-order valence-corrected chi connectivity index (χ4v) is 3.36. The molecule has 19 heavy (non-hydrogen) atoms. The van der Waals surface area contributed by atoms with Crippen molar-refractivity contribution < 1.29 is 4.79 Å². The number of nitrogens with zero attached hydrogens (tertiary/aromatic N) is 3. The highest BCUT2D eigenvalue weighted by Gasteiger charge is 2.29. The summed E-state index contributed by atoms with van der Waals surface area (Å²) < 4.78 is 0. The molecule has 0 aromatic carbocycles. The van der Waals surface area contributed by atoms with Crippen molar-refractivity contribution in [3.63, 3.8) is 0 Å². The number of aromatic nitrogens is 1. The van der Waals surface area contributed by atoms with Crippen molar-refractivity contribution in [3.8, 4) is 0 Å². The monoisotopic (exact) mass is 282 g/mol. The van der Waals surface area contributed by atoms with Gasteiger partial charge in [-0.2, -0.15) is 0 Å². The molecular weight excluding hydrogens is 260 g/mol. The number of nitrogen functional groups attached to an aromatic ring is 1. The average molecular weight is 282 g/mol. The molecule has 2 heterocycles. The summed E-state index contributed by atoms with van der Waals surface area (Å²) in [5.41, 5.74) is 5.91. The number of likely N-dealkylation sites (tertiary alicyclic amines) is 1. The van der Waals surface area contributed by atoms with Crippen molar-refractivity contribution in [2.24, 2.45) is 0 Å². The Bertz CT molecular complexity index is 459. The van der Waals surface area contributed by atoms with Gasteiger partial charge in [-0.15, -0.1) is 0 Å². The van der Waals surface area contributed by atoms with E-state index in [0.717, 1.165) is 37.5 Å². The third-order valence-electron chi connectivity index (χ3n) is 3.54. The predicted molar refractivity (Wildman–Crippen MR) is 79.8 cm³/mol. The largest absolute Gasteiger partial charge is 0.382 e. The highest BCUT2D eigenvalue weighted by atomic mass is 32.1. The van der Waals surface area contributed by atoms with E-state index in [2.05, 4.69) is 18.8 Å². The lowest BCUT2D eigenvalue weighted by Gasteiger charge is -2.20. The summed E-state index contributed by atoms with van der Waals surface area (Å²) in [7, 11) is 1.98. The maximum absolute atomic E-state index is 12.5. The first-order valence-corrected chi connectivity index (χ1v) is 7.64. The minimum absolute atomic E-state index is 0.0381.